The predicted molar refractivity (Wildman–Crippen MR) is 101 cm³/mol. The Bertz CT molecular complexity index is 862. The summed E-state index contributed by atoms with van der Waals surface area (Å²) < 4.78 is 30.4. The van der Waals surface area contributed by atoms with Gasteiger partial charge in [0.05, 0.1) is 25.6 Å². The molecule has 0 saturated heterocycles. The molecule has 0 spiro atoms. The van der Waals surface area contributed by atoms with E-state index in [1.54, 1.807) is 35.4 Å². The van der Waals surface area contributed by atoms with Crippen LogP contribution < -0.4 is 14.8 Å². The zero-order valence-corrected chi connectivity index (χ0v) is 16.1. The SMILES string of the molecule is COc1ccc(NC(=O)N(C)Cc2ccc(C)s2)cc1NS(C)(=O)=O. The maximum absolute atomic E-state index is 12.3. The van der Waals surface area contributed by atoms with Crippen LogP contribution in [0.15, 0.2) is 30.3 Å². The van der Waals surface area contributed by atoms with Crippen molar-refractivity contribution in [1.29, 1.82) is 0 Å². The second-order valence-electron chi connectivity index (χ2n) is 5.59. The molecule has 0 aliphatic heterocycles. The number of sulfonamides is 1. The Kier molecular flexibility index (Phi) is 5.91. The zero-order valence-electron chi connectivity index (χ0n) is 14.5. The van der Waals surface area contributed by atoms with Crippen LogP contribution in [0.4, 0.5) is 16.2 Å². The van der Waals surface area contributed by atoms with Gasteiger partial charge in [-0.25, -0.2) is 13.2 Å². The number of hydrogen-bond acceptors (Lipinski definition) is 5. The highest BCUT2D eigenvalue weighted by molar-refractivity contribution is 7.92. The standard InChI is InChI=1S/C16H21N3O4S2/c1-11-5-7-13(24-11)10-19(2)16(20)17-12-6-8-15(23-3)14(9-12)18-25(4,21)22/h5-9,18H,10H2,1-4H3,(H,17,20). The van der Waals surface area contributed by atoms with Crippen LogP contribution in [0.3, 0.4) is 0 Å². The Balaban J connectivity index is 2.10. The molecule has 9 heteroatoms. The summed E-state index contributed by atoms with van der Waals surface area (Å²) in [6.45, 7) is 2.51. The van der Waals surface area contributed by atoms with Crippen LogP contribution in [0.25, 0.3) is 0 Å². The van der Waals surface area contributed by atoms with Crippen molar-refractivity contribution in [3.8, 4) is 5.75 Å². The van der Waals surface area contributed by atoms with E-state index in [1.807, 2.05) is 19.1 Å². The van der Waals surface area contributed by atoms with Gasteiger partial charge in [-0.05, 0) is 37.3 Å². The molecule has 136 valence electrons. The summed E-state index contributed by atoms with van der Waals surface area (Å²) in [5.41, 5.74) is 0.727. The van der Waals surface area contributed by atoms with Crippen molar-refractivity contribution in [2.45, 2.75) is 13.5 Å². The first-order chi connectivity index (χ1) is 11.7. The largest absolute Gasteiger partial charge is 0.495 e. The highest BCUT2D eigenvalue weighted by Crippen LogP contribution is 2.28. The van der Waals surface area contributed by atoms with Gasteiger partial charge in [0.25, 0.3) is 0 Å². The number of nitrogens with zero attached hydrogens (tertiary/aromatic N) is 1. The van der Waals surface area contributed by atoms with E-state index in [2.05, 4.69) is 10.0 Å². The average Bonchev–Trinajstić information content (AvgIpc) is 2.91. The lowest BCUT2D eigenvalue weighted by molar-refractivity contribution is 0.221. The Morgan fingerprint density at radius 3 is 2.56 bits per heavy atom. The molecule has 1 heterocycles. The fourth-order valence-electron chi connectivity index (χ4n) is 2.16. The third-order valence-corrected chi connectivity index (χ3v) is 4.86. The lowest BCUT2D eigenvalue weighted by Gasteiger charge is -2.18. The van der Waals surface area contributed by atoms with Crippen molar-refractivity contribution in [1.82, 2.24) is 4.90 Å². The number of ether oxygens (including phenoxy) is 1. The summed E-state index contributed by atoms with van der Waals surface area (Å²) in [7, 11) is -0.321. The van der Waals surface area contributed by atoms with Crippen LogP contribution in [0.1, 0.15) is 9.75 Å². The lowest BCUT2D eigenvalue weighted by atomic mass is 10.2. The first-order valence-corrected chi connectivity index (χ1v) is 10.1. The van der Waals surface area contributed by atoms with Gasteiger partial charge in [-0.3, -0.25) is 4.72 Å². The summed E-state index contributed by atoms with van der Waals surface area (Å²) in [4.78, 5) is 16.2. The Labute approximate surface area is 151 Å². The molecule has 0 aliphatic rings. The normalized spacial score (nSPS) is 11.0. The van der Waals surface area contributed by atoms with Crippen molar-refractivity contribution < 1.29 is 17.9 Å². The molecular weight excluding hydrogens is 362 g/mol. The van der Waals surface area contributed by atoms with E-state index < -0.39 is 10.0 Å². The molecule has 0 bridgehead atoms. The molecule has 0 unspecified atom stereocenters. The fourth-order valence-corrected chi connectivity index (χ4v) is 3.66. The molecule has 0 saturated carbocycles. The number of anilines is 2. The second kappa shape index (κ2) is 7.75. The number of carbonyl (C=O) groups is 1. The van der Waals surface area contributed by atoms with Crippen LogP contribution in [0.5, 0.6) is 5.75 Å². The van der Waals surface area contributed by atoms with E-state index in [0.29, 0.717) is 18.0 Å². The lowest BCUT2D eigenvalue weighted by Crippen LogP contribution is -2.30. The molecule has 2 N–H and O–H groups in total. The van der Waals surface area contributed by atoms with E-state index in [-0.39, 0.29) is 11.7 Å². The highest BCUT2D eigenvalue weighted by atomic mass is 32.2. The molecule has 0 aliphatic carbocycles. The molecule has 0 atom stereocenters. The molecular formula is C16H21N3O4S2. The maximum Gasteiger partial charge on any atom is 0.321 e. The minimum Gasteiger partial charge on any atom is -0.495 e. The minimum absolute atomic E-state index is 0.263. The predicted octanol–water partition coefficient (Wildman–Crippen LogP) is 3.10. The second-order valence-corrected chi connectivity index (χ2v) is 8.71. The molecule has 0 fully saturated rings. The molecule has 1 aromatic carbocycles. The molecule has 1 aromatic heterocycles. The first kappa shape index (κ1) is 19.1. The van der Waals surface area contributed by atoms with E-state index in [9.17, 15) is 13.2 Å². The number of hydrogen-bond donors (Lipinski definition) is 2. The maximum atomic E-state index is 12.3. The van der Waals surface area contributed by atoms with Gasteiger partial charge in [0.1, 0.15) is 5.75 Å². The number of carbonyl (C=O) groups excluding carboxylic acids is 1. The average molecular weight is 383 g/mol. The quantitative estimate of drug-likeness (QED) is 0.802. The molecule has 2 rings (SSSR count). The van der Waals surface area contributed by atoms with Gasteiger partial charge in [0.15, 0.2) is 0 Å². The summed E-state index contributed by atoms with van der Waals surface area (Å²) in [5.74, 6) is 0.367. The minimum atomic E-state index is -3.46. The monoisotopic (exact) mass is 383 g/mol. The van der Waals surface area contributed by atoms with Crippen LogP contribution >= 0.6 is 11.3 Å². The number of rotatable bonds is 6. The van der Waals surface area contributed by atoms with Crippen molar-refractivity contribution in [3.05, 3.63) is 40.1 Å². The summed E-state index contributed by atoms with van der Waals surface area (Å²) in [5, 5.41) is 2.75. The molecule has 7 nitrogen and oxygen atoms in total. The number of thiophene rings is 1. The molecule has 0 radical (unpaired) electrons. The van der Waals surface area contributed by atoms with Crippen LogP contribution in [-0.2, 0) is 16.6 Å². The number of urea groups is 1. The Morgan fingerprint density at radius 1 is 1.28 bits per heavy atom. The highest BCUT2D eigenvalue weighted by Gasteiger charge is 2.13. The van der Waals surface area contributed by atoms with E-state index >= 15 is 0 Å². The van der Waals surface area contributed by atoms with Gasteiger partial charge in [0.2, 0.25) is 10.0 Å². The van der Waals surface area contributed by atoms with E-state index in [4.69, 9.17) is 4.74 Å². The van der Waals surface area contributed by atoms with Crippen molar-refractivity contribution in [2.75, 3.05) is 30.5 Å². The Hall–Kier alpha value is -2.26. The van der Waals surface area contributed by atoms with Crippen molar-refractivity contribution in [3.63, 3.8) is 0 Å². The van der Waals surface area contributed by atoms with Crippen molar-refractivity contribution >= 4 is 38.8 Å². The number of aryl methyl sites for hydroxylation is 1. The smallest absolute Gasteiger partial charge is 0.321 e. The van der Waals surface area contributed by atoms with Crippen molar-refractivity contribution in [2.24, 2.45) is 0 Å². The molecule has 2 amide bonds. The number of amides is 2. The first-order valence-electron chi connectivity index (χ1n) is 7.41. The zero-order chi connectivity index (χ0) is 18.6. The van der Waals surface area contributed by atoms with Gasteiger partial charge in [-0.15, -0.1) is 11.3 Å². The summed E-state index contributed by atoms with van der Waals surface area (Å²) >= 11 is 1.64. The van der Waals surface area contributed by atoms with Gasteiger partial charge in [-0.2, -0.15) is 0 Å². The van der Waals surface area contributed by atoms with Gasteiger partial charge in [0, 0.05) is 22.5 Å². The molecule has 2 aromatic rings. The fraction of sp³-hybridized carbons (Fsp3) is 0.312. The number of nitrogens with one attached hydrogen (secondary N) is 2. The van der Waals surface area contributed by atoms with Crippen LogP contribution in [-0.4, -0.2) is 39.8 Å². The molecule has 25 heavy (non-hydrogen) atoms. The third-order valence-electron chi connectivity index (χ3n) is 3.28. The third kappa shape index (κ3) is 5.64. The summed E-state index contributed by atoms with van der Waals surface area (Å²) in [6, 6.07) is 8.46. The van der Waals surface area contributed by atoms with Gasteiger partial charge in [-0.1, -0.05) is 0 Å². The number of methoxy groups -OCH3 is 1. The Morgan fingerprint density at radius 2 is 2.00 bits per heavy atom. The van der Waals surface area contributed by atoms with Crippen LogP contribution in [0, 0.1) is 6.92 Å². The van der Waals surface area contributed by atoms with Gasteiger partial charge >= 0.3 is 6.03 Å². The topological polar surface area (TPSA) is 87.7 Å². The number of benzene rings is 1. The van der Waals surface area contributed by atoms with Crippen LogP contribution in [0.2, 0.25) is 0 Å². The van der Waals surface area contributed by atoms with E-state index in [1.165, 1.54) is 18.1 Å². The van der Waals surface area contributed by atoms with Gasteiger partial charge < -0.3 is 15.0 Å². The summed E-state index contributed by atoms with van der Waals surface area (Å²) in [6.07, 6.45) is 1.05. The van der Waals surface area contributed by atoms with E-state index in [0.717, 1.165) is 11.1 Å².